The second kappa shape index (κ2) is 7.97. The molecule has 1 aromatic rings. The predicted octanol–water partition coefficient (Wildman–Crippen LogP) is 0.275. The van der Waals surface area contributed by atoms with E-state index in [0.29, 0.717) is 6.42 Å². The first-order valence-corrected chi connectivity index (χ1v) is 7.99. The molecule has 0 saturated carbocycles. The minimum atomic E-state index is -3.61. The second-order valence-corrected chi connectivity index (χ2v) is 6.37. The number of aliphatic hydroxyl groups is 1. The SMILES string of the molecule is CCC(O)Nc1c(C(=O)NC(=N)N)cccc1S(C)(=O)=O.Cl. The quantitative estimate of drug-likeness (QED) is 0.293. The largest absolute Gasteiger partial charge is 0.374 e. The lowest BCUT2D eigenvalue weighted by Crippen LogP contribution is -2.36. The number of rotatable bonds is 5. The van der Waals surface area contributed by atoms with Gasteiger partial charge in [-0.1, -0.05) is 13.0 Å². The van der Waals surface area contributed by atoms with Gasteiger partial charge < -0.3 is 16.2 Å². The maximum Gasteiger partial charge on any atom is 0.260 e. The smallest absolute Gasteiger partial charge is 0.260 e. The molecule has 124 valence electrons. The zero-order chi connectivity index (χ0) is 16.2. The number of hydrogen-bond acceptors (Lipinski definition) is 6. The number of sulfone groups is 1. The number of nitrogens with two attached hydrogens (primary N) is 1. The number of benzene rings is 1. The fourth-order valence-corrected chi connectivity index (χ4v) is 2.50. The van der Waals surface area contributed by atoms with Crippen LogP contribution >= 0.6 is 12.4 Å². The van der Waals surface area contributed by atoms with Crippen molar-refractivity contribution < 1.29 is 18.3 Å². The van der Waals surface area contributed by atoms with Gasteiger partial charge in [-0.25, -0.2) is 8.42 Å². The van der Waals surface area contributed by atoms with Crippen LogP contribution in [0, 0.1) is 5.41 Å². The van der Waals surface area contributed by atoms with Crippen molar-refractivity contribution in [2.45, 2.75) is 24.5 Å². The molecule has 0 saturated heterocycles. The van der Waals surface area contributed by atoms with E-state index in [1.54, 1.807) is 6.92 Å². The van der Waals surface area contributed by atoms with Gasteiger partial charge in [0.2, 0.25) is 0 Å². The average Bonchev–Trinajstić information content (AvgIpc) is 2.36. The Labute approximate surface area is 134 Å². The normalized spacial score (nSPS) is 12.0. The molecule has 1 amide bonds. The Morgan fingerprint density at radius 2 is 2.05 bits per heavy atom. The van der Waals surface area contributed by atoms with Crippen LogP contribution in [0.2, 0.25) is 0 Å². The minimum Gasteiger partial charge on any atom is -0.374 e. The van der Waals surface area contributed by atoms with Crippen molar-refractivity contribution in [3.63, 3.8) is 0 Å². The van der Waals surface area contributed by atoms with Crippen LogP contribution in [0.25, 0.3) is 0 Å². The fourth-order valence-electron chi connectivity index (χ4n) is 1.64. The van der Waals surface area contributed by atoms with Gasteiger partial charge in [0, 0.05) is 6.26 Å². The van der Waals surface area contributed by atoms with Crippen LogP contribution in [-0.2, 0) is 9.84 Å². The third-order valence-corrected chi connectivity index (χ3v) is 3.76. The minimum absolute atomic E-state index is 0. The molecule has 6 N–H and O–H groups in total. The van der Waals surface area contributed by atoms with Gasteiger partial charge in [0.25, 0.3) is 5.91 Å². The maximum atomic E-state index is 12.0. The summed E-state index contributed by atoms with van der Waals surface area (Å²) in [6.07, 6.45) is 0.293. The highest BCUT2D eigenvalue weighted by Gasteiger charge is 2.22. The Balaban J connectivity index is 0.00000441. The van der Waals surface area contributed by atoms with E-state index in [4.69, 9.17) is 11.1 Å². The third kappa shape index (κ3) is 5.17. The van der Waals surface area contributed by atoms with Crippen LogP contribution in [0.5, 0.6) is 0 Å². The van der Waals surface area contributed by atoms with Crippen molar-refractivity contribution in [1.82, 2.24) is 5.32 Å². The summed E-state index contributed by atoms with van der Waals surface area (Å²) in [5.74, 6) is -1.30. The number of guanidine groups is 1. The highest BCUT2D eigenvalue weighted by molar-refractivity contribution is 7.90. The van der Waals surface area contributed by atoms with E-state index in [-0.39, 0.29) is 28.6 Å². The molecule has 0 aromatic heterocycles. The van der Waals surface area contributed by atoms with Crippen LogP contribution in [0.3, 0.4) is 0 Å². The molecule has 0 bridgehead atoms. The molecule has 10 heteroatoms. The lowest BCUT2D eigenvalue weighted by atomic mass is 10.1. The number of para-hydroxylation sites is 1. The Bertz CT molecular complexity index is 663. The van der Waals surface area contributed by atoms with E-state index < -0.39 is 27.9 Å². The fraction of sp³-hybridized carbons (Fsp3) is 0.333. The zero-order valence-corrected chi connectivity index (χ0v) is 13.7. The van der Waals surface area contributed by atoms with Crippen LogP contribution in [0.4, 0.5) is 5.69 Å². The molecule has 0 heterocycles. The Morgan fingerprint density at radius 1 is 1.45 bits per heavy atom. The summed E-state index contributed by atoms with van der Waals surface area (Å²) >= 11 is 0. The number of anilines is 1. The van der Waals surface area contributed by atoms with Crippen LogP contribution in [0.1, 0.15) is 23.7 Å². The molecule has 0 aliphatic rings. The Hall–Kier alpha value is -1.84. The van der Waals surface area contributed by atoms with Crippen LogP contribution < -0.4 is 16.4 Å². The molecular weight excluding hydrogens is 332 g/mol. The molecule has 0 fully saturated rings. The summed E-state index contributed by atoms with van der Waals surface area (Å²) < 4.78 is 23.6. The number of halogens is 1. The molecule has 22 heavy (non-hydrogen) atoms. The lowest BCUT2D eigenvalue weighted by molar-refractivity contribution is 0.0977. The summed E-state index contributed by atoms with van der Waals surface area (Å²) in [5, 5.41) is 21.4. The summed E-state index contributed by atoms with van der Waals surface area (Å²) in [6.45, 7) is 1.69. The van der Waals surface area contributed by atoms with E-state index in [0.717, 1.165) is 6.26 Å². The molecule has 0 radical (unpaired) electrons. The summed E-state index contributed by atoms with van der Waals surface area (Å²) in [5.41, 5.74) is 5.05. The highest BCUT2D eigenvalue weighted by Crippen LogP contribution is 2.26. The standard InChI is InChI=1S/C12H18N4O4S.ClH/c1-3-9(17)15-10-7(11(18)16-12(13)14)5-4-6-8(10)21(2,19)20;/h4-6,9,15,17H,3H2,1-2H3,(H4,13,14,16,18);1H. The monoisotopic (exact) mass is 350 g/mol. The van der Waals surface area contributed by atoms with Gasteiger partial charge in [0.1, 0.15) is 6.23 Å². The first-order chi connectivity index (χ1) is 9.66. The number of aliphatic hydroxyl groups excluding tert-OH is 1. The first kappa shape index (κ1) is 20.2. The number of carbonyl (C=O) groups is 1. The maximum absolute atomic E-state index is 12.0. The van der Waals surface area contributed by atoms with Crippen molar-refractivity contribution in [2.75, 3.05) is 11.6 Å². The van der Waals surface area contributed by atoms with Crippen LogP contribution in [0.15, 0.2) is 23.1 Å². The van der Waals surface area contributed by atoms with E-state index in [1.807, 2.05) is 0 Å². The molecule has 8 nitrogen and oxygen atoms in total. The molecule has 1 rings (SSSR count). The average molecular weight is 351 g/mol. The topological polar surface area (TPSA) is 145 Å². The van der Waals surface area contributed by atoms with E-state index in [1.165, 1.54) is 18.2 Å². The highest BCUT2D eigenvalue weighted by atomic mass is 35.5. The molecular formula is C12H19ClN4O4S. The Kier molecular flexibility index (Phi) is 7.30. The van der Waals surface area contributed by atoms with Crippen LogP contribution in [-0.4, -0.2) is 37.9 Å². The van der Waals surface area contributed by atoms with Gasteiger partial charge in [0.15, 0.2) is 15.8 Å². The predicted molar refractivity (Wildman–Crippen MR) is 86.1 cm³/mol. The van der Waals surface area contributed by atoms with Gasteiger partial charge in [-0.05, 0) is 18.6 Å². The zero-order valence-electron chi connectivity index (χ0n) is 12.1. The molecule has 0 spiro atoms. The van der Waals surface area contributed by atoms with Crippen molar-refractivity contribution >= 4 is 39.8 Å². The first-order valence-electron chi connectivity index (χ1n) is 6.09. The summed E-state index contributed by atoms with van der Waals surface area (Å²) in [7, 11) is -3.61. The third-order valence-electron chi connectivity index (χ3n) is 2.62. The molecule has 1 unspecified atom stereocenters. The Morgan fingerprint density at radius 3 is 2.50 bits per heavy atom. The second-order valence-electron chi connectivity index (χ2n) is 4.39. The molecule has 0 aliphatic carbocycles. The number of amides is 1. The van der Waals surface area contributed by atoms with E-state index >= 15 is 0 Å². The van der Waals surface area contributed by atoms with Gasteiger partial charge in [0.05, 0.1) is 16.1 Å². The molecule has 1 aromatic carbocycles. The van der Waals surface area contributed by atoms with Crippen molar-refractivity contribution in [2.24, 2.45) is 5.73 Å². The van der Waals surface area contributed by atoms with E-state index in [9.17, 15) is 18.3 Å². The van der Waals surface area contributed by atoms with Gasteiger partial charge >= 0.3 is 0 Å². The number of carbonyl (C=O) groups excluding carboxylic acids is 1. The van der Waals surface area contributed by atoms with Crippen molar-refractivity contribution in [3.8, 4) is 0 Å². The van der Waals surface area contributed by atoms with Gasteiger partial charge in [-0.2, -0.15) is 0 Å². The van der Waals surface area contributed by atoms with E-state index in [2.05, 4.69) is 10.6 Å². The number of hydrogen-bond donors (Lipinski definition) is 5. The van der Waals surface area contributed by atoms with Gasteiger partial charge in [-0.3, -0.25) is 15.5 Å². The summed E-state index contributed by atoms with van der Waals surface area (Å²) in [4.78, 5) is 11.9. The lowest BCUT2D eigenvalue weighted by Gasteiger charge is -2.18. The molecule has 0 aliphatic heterocycles. The summed E-state index contributed by atoms with van der Waals surface area (Å²) in [6, 6.07) is 4.09. The van der Waals surface area contributed by atoms with Crippen molar-refractivity contribution in [1.29, 1.82) is 5.41 Å². The number of nitrogens with one attached hydrogen (secondary N) is 3. The van der Waals surface area contributed by atoms with Gasteiger partial charge in [-0.15, -0.1) is 12.4 Å². The molecule has 1 atom stereocenters. The van der Waals surface area contributed by atoms with Crippen molar-refractivity contribution in [3.05, 3.63) is 23.8 Å².